The number of benzene rings is 2. The molecule has 1 N–H and O–H groups in total. The summed E-state index contributed by atoms with van der Waals surface area (Å²) < 4.78 is 22.9. The quantitative estimate of drug-likeness (QED) is 0.946. The van der Waals surface area contributed by atoms with Crippen molar-refractivity contribution in [3.05, 3.63) is 48.5 Å². The number of hydrogen-bond donors (Lipinski definition) is 1. The molecule has 110 valence electrons. The largest absolute Gasteiger partial charge is 0.465 e. The fraction of sp³-hybridized carbons (Fsp3) is 0.133. The molecule has 0 unspecified atom stereocenters. The molecule has 6 heteroatoms. The number of rotatable bonds is 3. The minimum Gasteiger partial charge on any atom is -0.465 e. The first-order chi connectivity index (χ1) is 9.79. The third-order valence-corrected chi connectivity index (χ3v) is 4.26. The summed E-state index contributed by atoms with van der Waals surface area (Å²) in [5.74, 6) is 0. The second kappa shape index (κ2) is 5.57. The minimum atomic E-state index is -3.22. The van der Waals surface area contributed by atoms with Crippen molar-refractivity contribution in [1.82, 2.24) is 0 Å². The summed E-state index contributed by atoms with van der Waals surface area (Å²) >= 11 is 0. The zero-order chi connectivity index (χ0) is 15.6. The van der Waals surface area contributed by atoms with Crippen molar-refractivity contribution in [2.75, 3.05) is 18.2 Å². The zero-order valence-corrected chi connectivity index (χ0v) is 12.5. The van der Waals surface area contributed by atoms with E-state index in [-0.39, 0.29) is 4.90 Å². The van der Waals surface area contributed by atoms with Crippen LogP contribution in [0.3, 0.4) is 0 Å². The molecular formula is C15H15NO4S. The monoisotopic (exact) mass is 305 g/mol. The topological polar surface area (TPSA) is 74.7 Å². The van der Waals surface area contributed by atoms with Gasteiger partial charge in [0.15, 0.2) is 9.84 Å². The molecule has 0 radical (unpaired) electrons. The van der Waals surface area contributed by atoms with Crippen molar-refractivity contribution in [1.29, 1.82) is 0 Å². The summed E-state index contributed by atoms with van der Waals surface area (Å²) in [6.45, 7) is 0. The molecule has 0 heterocycles. The summed E-state index contributed by atoms with van der Waals surface area (Å²) in [7, 11) is -1.75. The molecule has 0 atom stereocenters. The molecule has 0 spiro atoms. The van der Waals surface area contributed by atoms with Gasteiger partial charge in [-0.1, -0.05) is 24.3 Å². The molecule has 0 fully saturated rings. The summed E-state index contributed by atoms with van der Waals surface area (Å²) in [4.78, 5) is 12.3. The fourth-order valence-corrected chi connectivity index (χ4v) is 2.53. The van der Waals surface area contributed by atoms with E-state index in [0.29, 0.717) is 5.69 Å². The number of anilines is 1. The van der Waals surface area contributed by atoms with Crippen LogP contribution in [0.2, 0.25) is 0 Å². The lowest BCUT2D eigenvalue weighted by atomic mass is 10.1. The van der Waals surface area contributed by atoms with E-state index in [9.17, 15) is 13.2 Å². The Kier molecular flexibility index (Phi) is 3.99. The van der Waals surface area contributed by atoms with Gasteiger partial charge in [0, 0.05) is 19.0 Å². The molecule has 2 rings (SSSR count). The number of nitrogens with zero attached hydrogens (tertiary/aromatic N) is 1. The maximum absolute atomic E-state index is 11.4. The van der Waals surface area contributed by atoms with Crippen LogP contribution in [0, 0.1) is 0 Å². The predicted molar refractivity (Wildman–Crippen MR) is 81.4 cm³/mol. The van der Waals surface area contributed by atoms with Crippen LogP contribution < -0.4 is 4.90 Å². The van der Waals surface area contributed by atoms with Gasteiger partial charge in [0.25, 0.3) is 0 Å². The first kappa shape index (κ1) is 15.1. The molecule has 21 heavy (non-hydrogen) atoms. The Morgan fingerprint density at radius 1 is 1.05 bits per heavy atom. The summed E-state index contributed by atoms with van der Waals surface area (Å²) in [6.07, 6.45) is 0.115. The maximum atomic E-state index is 11.4. The van der Waals surface area contributed by atoms with Gasteiger partial charge in [0.05, 0.1) is 4.90 Å². The van der Waals surface area contributed by atoms with E-state index in [1.807, 2.05) is 6.07 Å². The third-order valence-electron chi connectivity index (χ3n) is 3.14. The summed E-state index contributed by atoms with van der Waals surface area (Å²) in [6, 6.07) is 13.5. The molecule has 2 aromatic carbocycles. The van der Waals surface area contributed by atoms with Gasteiger partial charge >= 0.3 is 6.09 Å². The highest BCUT2D eigenvalue weighted by Crippen LogP contribution is 2.25. The molecule has 2 aromatic rings. The van der Waals surface area contributed by atoms with Crippen molar-refractivity contribution in [3.8, 4) is 11.1 Å². The van der Waals surface area contributed by atoms with E-state index in [1.54, 1.807) is 30.3 Å². The highest BCUT2D eigenvalue weighted by Gasteiger charge is 2.10. The van der Waals surface area contributed by atoms with E-state index >= 15 is 0 Å². The van der Waals surface area contributed by atoms with Crippen molar-refractivity contribution in [3.63, 3.8) is 0 Å². The average Bonchev–Trinajstić information content (AvgIpc) is 2.46. The van der Waals surface area contributed by atoms with Crippen molar-refractivity contribution >= 4 is 21.6 Å². The molecule has 0 aliphatic heterocycles. The molecule has 0 bridgehead atoms. The van der Waals surface area contributed by atoms with Crippen molar-refractivity contribution in [2.45, 2.75) is 4.90 Å². The van der Waals surface area contributed by atoms with Crippen LogP contribution >= 0.6 is 0 Å². The van der Waals surface area contributed by atoms with Crippen molar-refractivity contribution in [2.24, 2.45) is 0 Å². The van der Waals surface area contributed by atoms with Gasteiger partial charge < -0.3 is 5.11 Å². The molecule has 0 aliphatic carbocycles. The summed E-state index contributed by atoms with van der Waals surface area (Å²) in [5.41, 5.74) is 2.19. The number of carbonyl (C=O) groups is 1. The van der Waals surface area contributed by atoms with Crippen LogP contribution in [0.5, 0.6) is 0 Å². The Labute approximate surface area is 123 Å². The van der Waals surface area contributed by atoms with Gasteiger partial charge in [0.1, 0.15) is 0 Å². The van der Waals surface area contributed by atoms with Gasteiger partial charge in [-0.25, -0.2) is 13.2 Å². The molecular weight excluding hydrogens is 290 g/mol. The fourth-order valence-electron chi connectivity index (χ4n) is 1.90. The van der Waals surface area contributed by atoms with E-state index in [0.717, 1.165) is 22.3 Å². The lowest BCUT2D eigenvalue weighted by molar-refractivity contribution is 0.203. The Morgan fingerprint density at radius 2 is 1.67 bits per heavy atom. The predicted octanol–water partition coefficient (Wildman–Crippen LogP) is 2.87. The smallest absolute Gasteiger partial charge is 0.411 e. The van der Waals surface area contributed by atoms with E-state index in [4.69, 9.17) is 5.11 Å². The normalized spacial score (nSPS) is 11.1. The van der Waals surface area contributed by atoms with Crippen LogP contribution in [0.4, 0.5) is 10.5 Å². The molecule has 0 saturated heterocycles. The third kappa shape index (κ3) is 3.41. The van der Waals surface area contributed by atoms with Crippen LogP contribution in [-0.2, 0) is 9.84 Å². The minimum absolute atomic E-state index is 0.255. The van der Waals surface area contributed by atoms with Gasteiger partial charge in [-0.3, -0.25) is 4.90 Å². The Balaban J connectivity index is 2.39. The maximum Gasteiger partial charge on any atom is 0.411 e. The Bertz CT molecular complexity index is 767. The van der Waals surface area contributed by atoms with E-state index in [2.05, 4.69) is 0 Å². The first-order valence-corrected chi connectivity index (χ1v) is 8.05. The SMILES string of the molecule is CN(C(=O)O)c1cccc(-c2ccc(S(C)(=O)=O)cc2)c1. The average molecular weight is 305 g/mol. The second-order valence-electron chi connectivity index (χ2n) is 4.69. The zero-order valence-electron chi connectivity index (χ0n) is 11.6. The van der Waals surface area contributed by atoms with Crippen LogP contribution in [0.15, 0.2) is 53.4 Å². The van der Waals surface area contributed by atoms with E-state index < -0.39 is 15.9 Å². The lowest BCUT2D eigenvalue weighted by Gasteiger charge is -2.14. The van der Waals surface area contributed by atoms with Crippen LogP contribution in [0.25, 0.3) is 11.1 Å². The van der Waals surface area contributed by atoms with Crippen LogP contribution in [0.1, 0.15) is 0 Å². The lowest BCUT2D eigenvalue weighted by Crippen LogP contribution is -2.23. The standard InChI is InChI=1S/C15H15NO4S/c1-16(15(17)18)13-5-3-4-12(10-13)11-6-8-14(9-7-11)21(2,19)20/h3-10H,1-2H3,(H,17,18). The highest BCUT2D eigenvalue weighted by atomic mass is 32.2. The van der Waals surface area contributed by atoms with Gasteiger partial charge in [-0.15, -0.1) is 0 Å². The molecule has 1 amide bonds. The number of carboxylic acid groups (broad SMARTS) is 1. The van der Waals surface area contributed by atoms with Crippen LogP contribution in [-0.4, -0.2) is 32.9 Å². The van der Waals surface area contributed by atoms with Gasteiger partial charge in [-0.2, -0.15) is 0 Å². The van der Waals surface area contributed by atoms with E-state index in [1.165, 1.54) is 19.2 Å². The second-order valence-corrected chi connectivity index (χ2v) is 6.70. The number of hydrogen-bond acceptors (Lipinski definition) is 3. The molecule has 0 aromatic heterocycles. The Morgan fingerprint density at radius 3 is 2.19 bits per heavy atom. The van der Waals surface area contributed by atoms with Gasteiger partial charge in [0.2, 0.25) is 0 Å². The molecule has 0 aliphatic rings. The Hall–Kier alpha value is -2.34. The number of amides is 1. The highest BCUT2D eigenvalue weighted by molar-refractivity contribution is 7.90. The first-order valence-electron chi connectivity index (χ1n) is 6.16. The summed E-state index contributed by atoms with van der Waals surface area (Å²) in [5, 5.41) is 8.98. The molecule has 5 nitrogen and oxygen atoms in total. The molecule has 0 saturated carbocycles. The van der Waals surface area contributed by atoms with Crippen molar-refractivity contribution < 1.29 is 18.3 Å². The van der Waals surface area contributed by atoms with Gasteiger partial charge in [-0.05, 0) is 35.4 Å². The number of sulfone groups is 1.